The van der Waals surface area contributed by atoms with Crippen molar-refractivity contribution in [2.45, 2.75) is 26.3 Å². The molecule has 0 atom stereocenters. The van der Waals surface area contributed by atoms with Crippen LogP contribution in [0.15, 0.2) is 0 Å². The van der Waals surface area contributed by atoms with E-state index in [1.54, 1.807) is 7.05 Å². The summed E-state index contributed by atoms with van der Waals surface area (Å²) in [6, 6.07) is -0.0397. The van der Waals surface area contributed by atoms with Gasteiger partial charge in [0, 0.05) is 31.6 Å². The van der Waals surface area contributed by atoms with Crippen molar-refractivity contribution < 1.29 is 13.2 Å². The van der Waals surface area contributed by atoms with Crippen LogP contribution in [-0.4, -0.2) is 50.9 Å². The Balaban J connectivity index is 3.75. The average molecular weight is 317 g/mol. The van der Waals surface area contributed by atoms with Crippen molar-refractivity contribution >= 4 is 26.1 Å². The van der Waals surface area contributed by atoms with Crippen LogP contribution in [0.1, 0.15) is 20.3 Å². The molecule has 0 unspecified atom stereocenters. The highest BCUT2D eigenvalue weighted by Gasteiger charge is 2.18. The van der Waals surface area contributed by atoms with Gasteiger partial charge in [-0.1, -0.05) is 15.9 Å². The zero-order valence-corrected chi connectivity index (χ0v) is 12.5. The topological polar surface area (TPSA) is 58.6 Å². The molecule has 1 N–H and O–H groups in total. The molecule has 0 aliphatic rings. The fourth-order valence-corrected chi connectivity index (χ4v) is 2.30. The van der Waals surface area contributed by atoms with Crippen molar-refractivity contribution in [1.29, 1.82) is 0 Å². The van der Waals surface area contributed by atoms with E-state index in [0.717, 1.165) is 5.33 Å². The number of nitrogens with zero attached hydrogens (tertiary/aromatic N) is 1. The highest BCUT2D eigenvalue weighted by Crippen LogP contribution is 2.00. The molecule has 0 rings (SSSR count). The Bertz CT molecular complexity index is 270. The molecule has 0 aromatic carbocycles. The molecule has 0 saturated carbocycles. The number of nitrogens with one attached hydrogen (secondary N) is 1. The Morgan fingerprint density at radius 3 is 2.50 bits per heavy atom. The van der Waals surface area contributed by atoms with Gasteiger partial charge in [-0.15, -0.1) is 0 Å². The highest BCUT2D eigenvalue weighted by atomic mass is 79.9. The average Bonchev–Trinajstić information content (AvgIpc) is 2.22. The van der Waals surface area contributed by atoms with E-state index in [0.29, 0.717) is 26.2 Å². The smallest absolute Gasteiger partial charge is 0.279 e. The number of halogens is 1. The second kappa shape index (κ2) is 8.41. The van der Waals surface area contributed by atoms with Crippen LogP contribution in [0.2, 0.25) is 0 Å². The Kier molecular flexibility index (Phi) is 8.57. The van der Waals surface area contributed by atoms with Crippen LogP contribution in [0, 0.1) is 0 Å². The molecule has 0 aliphatic heterocycles. The predicted molar refractivity (Wildman–Crippen MR) is 69.1 cm³/mol. The number of hydrogen-bond donors (Lipinski definition) is 1. The third kappa shape index (κ3) is 6.80. The minimum absolute atomic E-state index is 0.0397. The molecule has 0 spiro atoms. The second-order valence-corrected chi connectivity index (χ2v) is 6.27. The van der Waals surface area contributed by atoms with Crippen molar-refractivity contribution in [1.82, 2.24) is 9.03 Å². The first-order valence-corrected chi connectivity index (χ1v) is 7.84. The van der Waals surface area contributed by atoms with Gasteiger partial charge in [0.15, 0.2) is 0 Å². The van der Waals surface area contributed by atoms with Crippen molar-refractivity contribution in [3.05, 3.63) is 0 Å². The van der Waals surface area contributed by atoms with Crippen LogP contribution in [-0.2, 0) is 14.9 Å². The van der Waals surface area contributed by atoms with Crippen LogP contribution >= 0.6 is 15.9 Å². The number of rotatable bonds is 9. The maximum absolute atomic E-state index is 11.6. The molecule has 0 saturated heterocycles. The van der Waals surface area contributed by atoms with Crippen LogP contribution < -0.4 is 4.72 Å². The van der Waals surface area contributed by atoms with E-state index in [1.807, 2.05) is 13.8 Å². The van der Waals surface area contributed by atoms with E-state index < -0.39 is 10.2 Å². The zero-order valence-electron chi connectivity index (χ0n) is 10.1. The lowest BCUT2D eigenvalue weighted by Crippen LogP contribution is -2.42. The Morgan fingerprint density at radius 1 is 1.38 bits per heavy atom. The minimum Gasteiger partial charge on any atom is -0.381 e. The fourth-order valence-electron chi connectivity index (χ4n) is 0.911. The maximum Gasteiger partial charge on any atom is 0.279 e. The van der Waals surface area contributed by atoms with Gasteiger partial charge in [-0.3, -0.25) is 0 Å². The van der Waals surface area contributed by atoms with E-state index in [4.69, 9.17) is 4.74 Å². The lowest BCUT2D eigenvalue weighted by molar-refractivity contribution is 0.149. The molecule has 0 aliphatic carbocycles. The van der Waals surface area contributed by atoms with Crippen LogP contribution in [0.25, 0.3) is 0 Å². The van der Waals surface area contributed by atoms with Gasteiger partial charge in [0.25, 0.3) is 10.2 Å². The molecule has 0 aromatic rings. The van der Waals surface area contributed by atoms with Gasteiger partial charge in [-0.25, -0.2) is 4.72 Å². The zero-order chi connectivity index (χ0) is 12.6. The molecule has 0 radical (unpaired) electrons. The van der Waals surface area contributed by atoms with Gasteiger partial charge >= 0.3 is 0 Å². The molecular weight excluding hydrogens is 296 g/mol. The molecule has 98 valence electrons. The summed E-state index contributed by atoms with van der Waals surface area (Å²) in [7, 11) is -1.77. The van der Waals surface area contributed by atoms with Crippen molar-refractivity contribution in [3.8, 4) is 0 Å². The lowest BCUT2D eigenvalue weighted by Gasteiger charge is -2.21. The van der Waals surface area contributed by atoms with E-state index in [9.17, 15) is 8.42 Å². The van der Waals surface area contributed by atoms with E-state index in [-0.39, 0.29) is 6.04 Å². The molecular formula is C9H21BrN2O3S. The summed E-state index contributed by atoms with van der Waals surface area (Å²) in [6.45, 7) is 5.29. The number of hydrogen-bond acceptors (Lipinski definition) is 3. The Labute approximate surface area is 107 Å². The van der Waals surface area contributed by atoms with Gasteiger partial charge in [0.1, 0.15) is 0 Å². The fraction of sp³-hybridized carbons (Fsp3) is 1.00. The van der Waals surface area contributed by atoms with Crippen molar-refractivity contribution in [2.24, 2.45) is 0 Å². The highest BCUT2D eigenvalue weighted by molar-refractivity contribution is 9.09. The number of alkyl halides is 1. The standard InChI is InChI=1S/C9H21BrN2O3S/c1-9(2)12(3)16(13,14)11-6-4-7-15-8-5-10/h9,11H,4-8H2,1-3H3. The van der Waals surface area contributed by atoms with E-state index >= 15 is 0 Å². The lowest BCUT2D eigenvalue weighted by atomic mass is 10.4. The van der Waals surface area contributed by atoms with Gasteiger partial charge in [-0.05, 0) is 20.3 Å². The maximum atomic E-state index is 11.6. The predicted octanol–water partition coefficient (Wildman–Crippen LogP) is 0.963. The monoisotopic (exact) mass is 316 g/mol. The summed E-state index contributed by atoms with van der Waals surface area (Å²) in [6.07, 6.45) is 0.679. The molecule has 16 heavy (non-hydrogen) atoms. The van der Waals surface area contributed by atoms with E-state index in [2.05, 4.69) is 20.7 Å². The minimum atomic E-state index is -3.33. The SMILES string of the molecule is CC(C)N(C)S(=O)(=O)NCCCOCCBr. The largest absolute Gasteiger partial charge is 0.381 e. The van der Waals surface area contributed by atoms with Gasteiger partial charge in [0.05, 0.1) is 6.61 Å². The van der Waals surface area contributed by atoms with Crippen LogP contribution in [0.3, 0.4) is 0 Å². The molecule has 0 amide bonds. The van der Waals surface area contributed by atoms with Crippen molar-refractivity contribution in [3.63, 3.8) is 0 Å². The van der Waals surface area contributed by atoms with E-state index in [1.165, 1.54) is 4.31 Å². The Morgan fingerprint density at radius 2 is 2.00 bits per heavy atom. The second-order valence-electron chi connectivity index (χ2n) is 3.66. The Hall–Kier alpha value is 0.310. The van der Waals surface area contributed by atoms with Crippen LogP contribution in [0.4, 0.5) is 0 Å². The molecule has 0 bridgehead atoms. The first-order valence-electron chi connectivity index (χ1n) is 5.28. The third-order valence-corrected chi connectivity index (χ3v) is 4.15. The van der Waals surface area contributed by atoms with Crippen molar-refractivity contribution in [2.75, 3.05) is 32.1 Å². The summed E-state index contributed by atoms with van der Waals surface area (Å²) in [4.78, 5) is 0. The molecule has 0 heterocycles. The van der Waals surface area contributed by atoms with Gasteiger partial charge in [-0.2, -0.15) is 12.7 Å². The van der Waals surface area contributed by atoms with Gasteiger partial charge in [0.2, 0.25) is 0 Å². The van der Waals surface area contributed by atoms with Gasteiger partial charge < -0.3 is 4.74 Å². The molecule has 5 nitrogen and oxygen atoms in total. The summed E-state index contributed by atoms with van der Waals surface area (Å²) in [5.41, 5.74) is 0. The normalized spacial score (nSPS) is 12.6. The quantitative estimate of drug-likeness (QED) is 0.509. The molecule has 7 heteroatoms. The summed E-state index contributed by atoms with van der Waals surface area (Å²) in [5, 5.41) is 0.800. The van der Waals surface area contributed by atoms with Crippen LogP contribution in [0.5, 0.6) is 0 Å². The summed E-state index contributed by atoms with van der Waals surface area (Å²) >= 11 is 3.24. The first kappa shape index (κ1) is 16.3. The molecule has 0 aromatic heterocycles. The summed E-state index contributed by atoms with van der Waals surface area (Å²) < 4.78 is 32.3. The third-order valence-electron chi connectivity index (χ3n) is 2.08. The number of ether oxygens (including phenoxy) is 1. The summed E-state index contributed by atoms with van der Waals surface area (Å²) in [5.74, 6) is 0. The molecule has 0 fully saturated rings. The first-order chi connectivity index (χ1) is 7.41.